The zero-order chi connectivity index (χ0) is 14.5. The van der Waals surface area contributed by atoms with Gasteiger partial charge in [0, 0.05) is 9.79 Å². The second-order valence-corrected chi connectivity index (χ2v) is 6.37. The fourth-order valence-corrected chi connectivity index (χ4v) is 3.08. The zero-order valence-electron chi connectivity index (χ0n) is 12.1. The summed E-state index contributed by atoms with van der Waals surface area (Å²) in [4.78, 5) is 2.57. The van der Waals surface area contributed by atoms with E-state index in [2.05, 4.69) is 85.8 Å². The molecule has 0 aromatic heterocycles. The first-order valence-electron chi connectivity index (χ1n) is 7.17. The Hall–Kier alpha value is -1.99. The molecule has 3 aromatic rings. The molecule has 0 N–H and O–H groups in total. The zero-order valence-corrected chi connectivity index (χ0v) is 12.9. The summed E-state index contributed by atoms with van der Waals surface area (Å²) in [5.41, 5.74) is 4.04. The first-order valence-corrected chi connectivity index (χ1v) is 7.99. The molecule has 0 bridgehead atoms. The molecule has 0 aliphatic rings. The van der Waals surface area contributed by atoms with E-state index in [1.54, 1.807) is 11.8 Å². The van der Waals surface area contributed by atoms with E-state index in [9.17, 15) is 0 Å². The van der Waals surface area contributed by atoms with Crippen LogP contribution in [0.2, 0.25) is 0 Å². The van der Waals surface area contributed by atoms with Crippen molar-refractivity contribution in [2.45, 2.75) is 23.1 Å². The van der Waals surface area contributed by atoms with Crippen molar-refractivity contribution >= 4 is 11.8 Å². The van der Waals surface area contributed by atoms with Gasteiger partial charge in [0.15, 0.2) is 0 Å². The van der Waals surface area contributed by atoms with Gasteiger partial charge in [-0.15, -0.1) is 0 Å². The Morgan fingerprint density at radius 2 is 1.14 bits per heavy atom. The van der Waals surface area contributed by atoms with Crippen molar-refractivity contribution in [3.8, 4) is 0 Å². The first-order chi connectivity index (χ1) is 10.3. The van der Waals surface area contributed by atoms with Gasteiger partial charge < -0.3 is 0 Å². The summed E-state index contributed by atoms with van der Waals surface area (Å²) in [6.45, 7) is 2.12. The van der Waals surface area contributed by atoms with Crippen LogP contribution >= 0.6 is 11.8 Å². The number of hydrogen-bond donors (Lipinski definition) is 0. The predicted molar refractivity (Wildman–Crippen MR) is 91.0 cm³/mol. The van der Waals surface area contributed by atoms with Gasteiger partial charge in [-0.25, -0.2) is 0 Å². The second kappa shape index (κ2) is 6.64. The van der Waals surface area contributed by atoms with Crippen LogP contribution in [0.25, 0.3) is 0 Å². The lowest BCUT2D eigenvalue weighted by atomic mass is 10.0. The molecule has 0 aliphatic carbocycles. The van der Waals surface area contributed by atoms with Crippen molar-refractivity contribution in [1.82, 2.24) is 0 Å². The third-order valence-electron chi connectivity index (χ3n) is 3.43. The van der Waals surface area contributed by atoms with Gasteiger partial charge in [-0.05, 0) is 48.7 Å². The van der Waals surface area contributed by atoms with Crippen LogP contribution in [0.1, 0.15) is 16.7 Å². The van der Waals surface area contributed by atoms with E-state index < -0.39 is 0 Å². The fourth-order valence-electron chi connectivity index (χ4n) is 2.24. The van der Waals surface area contributed by atoms with Gasteiger partial charge in [-0.1, -0.05) is 71.9 Å². The highest BCUT2D eigenvalue weighted by molar-refractivity contribution is 7.99. The summed E-state index contributed by atoms with van der Waals surface area (Å²) in [6.07, 6.45) is 0.997. The Kier molecular flexibility index (Phi) is 4.42. The van der Waals surface area contributed by atoms with Crippen LogP contribution in [0.5, 0.6) is 0 Å². The Morgan fingerprint density at radius 3 is 1.76 bits per heavy atom. The molecule has 0 atom stereocenters. The average Bonchev–Trinajstić information content (AvgIpc) is 2.53. The lowest BCUT2D eigenvalue weighted by Crippen LogP contribution is -1.88. The average molecular weight is 290 g/mol. The summed E-state index contributed by atoms with van der Waals surface area (Å²) in [5, 5.41) is 0. The number of hydrogen-bond acceptors (Lipinski definition) is 1. The van der Waals surface area contributed by atoms with E-state index in [1.807, 2.05) is 0 Å². The molecule has 0 unspecified atom stereocenters. The van der Waals surface area contributed by atoms with Gasteiger partial charge in [0.05, 0.1) is 0 Å². The van der Waals surface area contributed by atoms with Crippen molar-refractivity contribution in [2.24, 2.45) is 0 Å². The molecule has 3 aromatic carbocycles. The smallest absolute Gasteiger partial charge is 0.0122 e. The molecule has 0 saturated carbocycles. The molecule has 3 rings (SSSR count). The maximum absolute atomic E-state index is 2.23. The third-order valence-corrected chi connectivity index (χ3v) is 4.45. The lowest BCUT2D eigenvalue weighted by Gasteiger charge is -2.05. The third kappa shape index (κ3) is 3.99. The molecule has 104 valence electrons. The Morgan fingerprint density at radius 1 is 0.619 bits per heavy atom. The first kappa shape index (κ1) is 14.0. The van der Waals surface area contributed by atoms with Crippen LogP contribution < -0.4 is 0 Å². The van der Waals surface area contributed by atoms with Crippen molar-refractivity contribution in [1.29, 1.82) is 0 Å². The molecular weight excluding hydrogens is 272 g/mol. The minimum Gasteiger partial charge on any atom is -0.0901 e. The Labute approximate surface area is 130 Å². The van der Waals surface area contributed by atoms with Gasteiger partial charge in [-0.3, -0.25) is 0 Å². The molecule has 1 heteroatoms. The molecule has 0 radical (unpaired) electrons. The summed E-state index contributed by atoms with van der Waals surface area (Å²) in [5.74, 6) is 0. The van der Waals surface area contributed by atoms with Crippen molar-refractivity contribution in [3.63, 3.8) is 0 Å². The molecule has 0 fully saturated rings. The number of benzene rings is 3. The minimum absolute atomic E-state index is 0.997. The quantitative estimate of drug-likeness (QED) is 0.590. The maximum Gasteiger partial charge on any atom is 0.0122 e. The molecule has 21 heavy (non-hydrogen) atoms. The van der Waals surface area contributed by atoms with Crippen LogP contribution in [-0.2, 0) is 6.42 Å². The van der Waals surface area contributed by atoms with Crippen LogP contribution in [0.15, 0.2) is 88.7 Å². The van der Waals surface area contributed by atoms with E-state index in [1.165, 1.54) is 26.5 Å². The van der Waals surface area contributed by atoms with Crippen molar-refractivity contribution in [2.75, 3.05) is 0 Å². The maximum atomic E-state index is 2.23. The highest BCUT2D eigenvalue weighted by Gasteiger charge is 1.99. The van der Waals surface area contributed by atoms with Crippen LogP contribution in [0, 0.1) is 6.92 Å². The van der Waals surface area contributed by atoms with Crippen LogP contribution in [0.3, 0.4) is 0 Å². The number of aryl methyl sites for hydroxylation is 1. The van der Waals surface area contributed by atoms with Gasteiger partial charge in [0.2, 0.25) is 0 Å². The summed E-state index contributed by atoms with van der Waals surface area (Å²) in [7, 11) is 0. The van der Waals surface area contributed by atoms with Crippen LogP contribution in [0.4, 0.5) is 0 Å². The Balaban J connectivity index is 1.68. The normalized spacial score (nSPS) is 10.5. The monoisotopic (exact) mass is 290 g/mol. The molecule has 0 aliphatic heterocycles. The summed E-state index contributed by atoms with van der Waals surface area (Å²) < 4.78 is 0. The van der Waals surface area contributed by atoms with Crippen molar-refractivity contribution < 1.29 is 0 Å². The molecule has 0 nitrogen and oxygen atoms in total. The van der Waals surface area contributed by atoms with Crippen LogP contribution in [-0.4, -0.2) is 0 Å². The van der Waals surface area contributed by atoms with E-state index in [0.29, 0.717) is 0 Å². The van der Waals surface area contributed by atoms with Crippen molar-refractivity contribution in [3.05, 3.63) is 95.6 Å². The standard InChI is InChI=1S/C20H18S/c1-16-7-9-17(10-8-16)15-18-11-13-20(14-12-18)21-19-5-3-2-4-6-19/h2-14H,15H2,1H3. The highest BCUT2D eigenvalue weighted by Crippen LogP contribution is 2.27. The minimum atomic E-state index is 0.997. The summed E-state index contributed by atoms with van der Waals surface area (Å²) >= 11 is 1.80. The fraction of sp³-hybridized carbons (Fsp3) is 0.100. The molecule has 0 spiro atoms. The molecule has 0 heterocycles. The molecular formula is C20H18S. The van der Waals surface area contributed by atoms with E-state index in [4.69, 9.17) is 0 Å². The van der Waals surface area contributed by atoms with E-state index >= 15 is 0 Å². The van der Waals surface area contributed by atoms with E-state index in [0.717, 1.165) is 6.42 Å². The molecule has 0 amide bonds. The largest absolute Gasteiger partial charge is 0.0901 e. The lowest BCUT2D eigenvalue weighted by molar-refractivity contribution is 1.17. The highest BCUT2D eigenvalue weighted by atomic mass is 32.2. The Bertz CT molecular complexity index is 682. The predicted octanol–water partition coefficient (Wildman–Crippen LogP) is 5.74. The van der Waals surface area contributed by atoms with Gasteiger partial charge >= 0.3 is 0 Å². The SMILES string of the molecule is Cc1ccc(Cc2ccc(Sc3ccccc3)cc2)cc1. The molecule has 0 saturated heterocycles. The van der Waals surface area contributed by atoms with Gasteiger partial charge in [0.25, 0.3) is 0 Å². The van der Waals surface area contributed by atoms with Gasteiger partial charge in [0.1, 0.15) is 0 Å². The summed E-state index contributed by atoms with van der Waals surface area (Å²) in [6, 6.07) is 28.1. The second-order valence-electron chi connectivity index (χ2n) is 5.22. The topological polar surface area (TPSA) is 0 Å². The number of rotatable bonds is 4. The van der Waals surface area contributed by atoms with Gasteiger partial charge in [-0.2, -0.15) is 0 Å². The van der Waals surface area contributed by atoms with E-state index in [-0.39, 0.29) is 0 Å².